The lowest BCUT2D eigenvalue weighted by molar-refractivity contribution is 0.425. The van der Waals surface area contributed by atoms with Crippen LogP contribution in [0.15, 0.2) is 115 Å². The zero-order valence-corrected chi connectivity index (χ0v) is 21.4. The van der Waals surface area contributed by atoms with Crippen molar-refractivity contribution in [1.29, 1.82) is 0 Å². The van der Waals surface area contributed by atoms with E-state index in [-0.39, 0.29) is 5.41 Å². The zero-order valence-electron chi connectivity index (χ0n) is 21.4. The molecule has 0 aliphatic heterocycles. The van der Waals surface area contributed by atoms with E-state index in [0.717, 1.165) is 11.1 Å². The smallest absolute Gasteiger partial charge is 0.423 e. The van der Waals surface area contributed by atoms with Gasteiger partial charge in [-0.1, -0.05) is 117 Å². The van der Waals surface area contributed by atoms with E-state index in [1.54, 1.807) is 0 Å². The van der Waals surface area contributed by atoms with E-state index >= 15 is 0 Å². The third kappa shape index (κ3) is 3.29. The Hall–Kier alpha value is -4.18. The molecule has 2 nitrogen and oxygen atoms in total. The Balaban J connectivity index is 1.67. The lowest BCUT2D eigenvalue weighted by Crippen LogP contribution is -2.31. The van der Waals surface area contributed by atoms with Crippen molar-refractivity contribution in [2.24, 2.45) is 0 Å². The predicted molar refractivity (Wildman–Crippen MR) is 160 cm³/mol. The molecule has 0 fully saturated rings. The average molecular weight is 490 g/mol. The molecule has 2 N–H and O–H groups in total. The molecule has 6 aromatic carbocycles. The maximum absolute atomic E-state index is 9.89. The van der Waals surface area contributed by atoms with Gasteiger partial charge in [0.25, 0.3) is 0 Å². The third-order valence-corrected chi connectivity index (χ3v) is 8.27. The summed E-state index contributed by atoms with van der Waals surface area (Å²) in [6.45, 7) is 4.47. The Bertz CT molecular complexity index is 1860. The quantitative estimate of drug-likeness (QED) is 0.202. The molecule has 0 atom stereocenters. The van der Waals surface area contributed by atoms with Crippen LogP contribution in [0.1, 0.15) is 25.0 Å². The van der Waals surface area contributed by atoms with Gasteiger partial charge in [-0.05, 0) is 83.6 Å². The Labute approximate surface area is 223 Å². The Kier molecular flexibility index (Phi) is 5.09. The number of fused-ring (bicyclic) bond motifs is 5. The molecule has 0 aromatic heterocycles. The van der Waals surface area contributed by atoms with Gasteiger partial charge in [0.1, 0.15) is 0 Å². The van der Waals surface area contributed by atoms with Gasteiger partial charge in [-0.2, -0.15) is 0 Å². The Morgan fingerprint density at radius 3 is 1.55 bits per heavy atom. The van der Waals surface area contributed by atoms with Crippen LogP contribution in [0.3, 0.4) is 0 Å². The van der Waals surface area contributed by atoms with E-state index in [1.807, 2.05) is 18.2 Å². The predicted octanol–water partition coefficient (Wildman–Crippen LogP) is 7.31. The number of rotatable bonds is 3. The summed E-state index contributed by atoms with van der Waals surface area (Å²) in [6, 6.07) is 40.7. The van der Waals surface area contributed by atoms with Gasteiger partial charge in [-0.3, -0.25) is 0 Å². The first kappa shape index (κ1) is 23.0. The number of hydrogen-bond donors (Lipinski definition) is 2. The van der Waals surface area contributed by atoms with Gasteiger partial charge in [-0.25, -0.2) is 0 Å². The highest BCUT2D eigenvalue weighted by Gasteiger charge is 2.37. The maximum Gasteiger partial charge on any atom is 0.488 e. The van der Waals surface area contributed by atoms with Gasteiger partial charge < -0.3 is 10.0 Å². The van der Waals surface area contributed by atoms with Crippen LogP contribution in [0.25, 0.3) is 54.9 Å². The molecular weight excluding hydrogens is 463 g/mol. The first-order valence-electron chi connectivity index (χ1n) is 13.1. The van der Waals surface area contributed by atoms with E-state index in [0.29, 0.717) is 5.46 Å². The summed E-state index contributed by atoms with van der Waals surface area (Å²) in [5.41, 5.74) is 9.89. The monoisotopic (exact) mass is 490 g/mol. The SMILES string of the molecule is CC1(C)c2cc(B(O)O)ccc2-c2cc3c(-c4ccccc4)c4ccccc4c(-c4ccccc4)c3cc21. The molecular formula is C35H27BO2. The van der Waals surface area contributed by atoms with Crippen molar-refractivity contribution in [1.82, 2.24) is 0 Å². The van der Waals surface area contributed by atoms with Crippen molar-refractivity contribution in [3.05, 3.63) is 126 Å². The minimum absolute atomic E-state index is 0.281. The average Bonchev–Trinajstić information content (AvgIpc) is 3.17. The molecule has 0 heterocycles. The first-order valence-corrected chi connectivity index (χ1v) is 13.1. The van der Waals surface area contributed by atoms with Crippen LogP contribution in [0, 0.1) is 0 Å². The maximum atomic E-state index is 9.89. The Morgan fingerprint density at radius 1 is 0.500 bits per heavy atom. The summed E-state index contributed by atoms with van der Waals surface area (Å²) in [6.07, 6.45) is 0. The highest BCUT2D eigenvalue weighted by Crippen LogP contribution is 2.52. The third-order valence-electron chi connectivity index (χ3n) is 8.27. The molecule has 1 aliphatic carbocycles. The van der Waals surface area contributed by atoms with E-state index in [9.17, 15) is 10.0 Å². The standard InChI is InChI=1S/C35H27BO2/c1-35(2)31-19-24(36(37)38)17-18-25(31)28-20-29-30(21-32(28)35)34(23-13-7-4-8-14-23)27-16-10-9-15-26(27)33(29)22-11-5-3-6-12-22/h3-21,37-38H,1-2H3. The van der Waals surface area contributed by atoms with Crippen LogP contribution in [-0.2, 0) is 5.41 Å². The van der Waals surface area contributed by atoms with Crippen molar-refractivity contribution in [2.45, 2.75) is 19.3 Å². The minimum Gasteiger partial charge on any atom is -0.423 e. The van der Waals surface area contributed by atoms with Crippen molar-refractivity contribution in [3.63, 3.8) is 0 Å². The second kappa shape index (κ2) is 8.42. The number of hydrogen-bond acceptors (Lipinski definition) is 2. The van der Waals surface area contributed by atoms with Crippen molar-refractivity contribution in [3.8, 4) is 33.4 Å². The molecule has 6 aromatic rings. The van der Waals surface area contributed by atoms with Gasteiger partial charge >= 0.3 is 7.12 Å². The van der Waals surface area contributed by atoms with E-state index in [4.69, 9.17) is 0 Å². The van der Waals surface area contributed by atoms with Gasteiger partial charge in [0.05, 0.1) is 0 Å². The summed E-state index contributed by atoms with van der Waals surface area (Å²) in [5, 5.41) is 24.7. The molecule has 0 spiro atoms. The topological polar surface area (TPSA) is 40.5 Å². The molecule has 0 radical (unpaired) electrons. The van der Waals surface area contributed by atoms with Crippen LogP contribution in [0.2, 0.25) is 0 Å². The highest BCUT2D eigenvalue weighted by molar-refractivity contribution is 6.58. The fourth-order valence-electron chi connectivity index (χ4n) is 6.41. The number of benzene rings is 6. The summed E-state index contributed by atoms with van der Waals surface area (Å²) >= 11 is 0. The van der Waals surface area contributed by atoms with Crippen LogP contribution >= 0.6 is 0 Å². The summed E-state index contributed by atoms with van der Waals surface area (Å²) < 4.78 is 0. The second-order valence-electron chi connectivity index (χ2n) is 10.8. The molecule has 0 amide bonds. The van der Waals surface area contributed by atoms with Crippen LogP contribution < -0.4 is 5.46 Å². The minimum atomic E-state index is -1.49. The fraction of sp³-hybridized carbons (Fsp3) is 0.0857. The molecule has 0 saturated carbocycles. The molecule has 0 unspecified atom stereocenters. The lowest BCUT2D eigenvalue weighted by atomic mass is 9.75. The Morgan fingerprint density at radius 2 is 1.00 bits per heavy atom. The largest absolute Gasteiger partial charge is 0.488 e. The van der Waals surface area contributed by atoms with Crippen LogP contribution in [0.5, 0.6) is 0 Å². The first-order chi connectivity index (χ1) is 18.4. The highest BCUT2D eigenvalue weighted by atomic mass is 16.4. The normalized spacial score (nSPS) is 13.5. The van der Waals surface area contributed by atoms with Gasteiger partial charge in [0, 0.05) is 5.41 Å². The van der Waals surface area contributed by atoms with E-state index in [2.05, 4.69) is 111 Å². The molecule has 0 saturated heterocycles. The summed E-state index contributed by atoms with van der Waals surface area (Å²) in [5.74, 6) is 0. The van der Waals surface area contributed by atoms with Crippen molar-refractivity contribution in [2.75, 3.05) is 0 Å². The van der Waals surface area contributed by atoms with Gasteiger partial charge in [0.15, 0.2) is 0 Å². The summed E-state index contributed by atoms with van der Waals surface area (Å²) in [7, 11) is -1.49. The van der Waals surface area contributed by atoms with Crippen LogP contribution in [-0.4, -0.2) is 17.2 Å². The van der Waals surface area contributed by atoms with Crippen molar-refractivity contribution < 1.29 is 10.0 Å². The molecule has 3 heteroatoms. The van der Waals surface area contributed by atoms with Crippen molar-refractivity contribution >= 4 is 34.1 Å². The van der Waals surface area contributed by atoms with Gasteiger partial charge in [-0.15, -0.1) is 0 Å². The molecule has 182 valence electrons. The second-order valence-corrected chi connectivity index (χ2v) is 10.8. The van der Waals surface area contributed by atoms with E-state index in [1.165, 1.54) is 54.9 Å². The lowest BCUT2D eigenvalue weighted by Gasteiger charge is -2.24. The van der Waals surface area contributed by atoms with Gasteiger partial charge in [0.2, 0.25) is 0 Å². The zero-order chi connectivity index (χ0) is 26.0. The fourth-order valence-corrected chi connectivity index (χ4v) is 6.41. The van der Waals surface area contributed by atoms with Crippen LogP contribution in [0.4, 0.5) is 0 Å². The molecule has 1 aliphatic rings. The summed E-state index contributed by atoms with van der Waals surface area (Å²) in [4.78, 5) is 0. The molecule has 0 bridgehead atoms. The van der Waals surface area contributed by atoms with E-state index < -0.39 is 7.12 Å². The molecule has 7 rings (SSSR count). The molecule has 38 heavy (non-hydrogen) atoms.